The van der Waals surface area contributed by atoms with Gasteiger partial charge in [-0.05, 0) is 6.08 Å². The fraction of sp³-hybridized carbons (Fsp3) is 0. The Bertz CT molecular complexity index is 314. The second-order valence-electron chi connectivity index (χ2n) is 2.11. The summed E-state index contributed by atoms with van der Waals surface area (Å²) >= 11 is 0. The van der Waals surface area contributed by atoms with Gasteiger partial charge in [0.25, 0.3) is 0 Å². The molecule has 1 heterocycles. The number of nitrogens with zero attached hydrogens (tertiary/aromatic N) is 2. The molecule has 0 atom stereocenters. The molecular weight excluding hydrogens is 156 g/mol. The van der Waals surface area contributed by atoms with Crippen LogP contribution in [0.4, 0.5) is 11.6 Å². The Morgan fingerprint density at radius 1 is 1.42 bits per heavy atom. The van der Waals surface area contributed by atoms with E-state index in [-0.39, 0.29) is 17.5 Å². The Labute approximate surface area is 69.1 Å². The first-order valence-electron chi connectivity index (χ1n) is 3.20. The second kappa shape index (κ2) is 3.00. The zero-order valence-electron chi connectivity index (χ0n) is 6.32. The number of ketones is 1. The molecule has 0 aliphatic rings. The maximum atomic E-state index is 11.0. The molecule has 0 saturated carbocycles. The first kappa shape index (κ1) is 8.19. The monoisotopic (exact) mass is 164 g/mol. The molecule has 5 nitrogen and oxygen atoms in total. The van der Waals surface area contributed by atoms with Gasteiger partial charge in [0.05, 0.1) is 0 Å². The van der Waals surface area contributed by atoms with Gasteiger partial charge < -0.3 is 11.5 Å². The summed E-state index contributed by atoms with van der Waals surface area (Å²) < 4.78 is 0. The van der Waals surface area contributed by atoms with Gasteiger partial charge in [-0.3, -0.25) is 4.79 Å². The maximum absolute atomic E-state index is 11.0. The van der Waals surface area contributed by atoms with Crippen LogP contribution in [0.5, 0.6) is 0 Å². The molecule has 0 bridgehead atoms. The molecule has 12 heavy (non-hydrogen) atoms. The van der Waals surface area contributed by atoms with Crippen molar-refractivity contribution < 1.29 is 4.79 Å². The summed E-state index contributed by atoms with van der Waals surface area (Å²) in [6, 6.07) is 1.37. The summed E-state index contributed by atoms with van der Waals surface area (Å²) in [5, 5.41) is 0. The molecule has 1 rings (SSSR count). The first-order chi connectivity index (χ1) is 5.63. The van der Waals surface area contributed by atoms with E-state index in [1.165, 1.54) is 6.07 Å². The van der Waals surface area contributed by atoms with Gasteiger partial charge >= 0.3 is 0 Å². The fourth-order valence-electron chi connectivity index (χ4n) is 0.687. The number of nitrogen functional groups attached to an aromatic ring is 2. The van der Waals surface area contributed by atoms with Crippen LogP contribution in [0.3, 0.4) is 0 Å². The van der Waals surface area contributed by atoms with Crippen LogP contribution in [0.15, 0.2) is 18.7 Å². The number of carbonyl (C=O) groups is 1. The van der Waals surface area contributed by atoms with Crippen molar-refractivity contribution in [3.8, 4) is 0 Å². The Hall–Kier alpha value is -1.91. The Morgan fingerprint density at radius 3 is 2.33 bits per heavy atom. The van der Waals surface area contributed by atoms with Gasteiger partial charge in [0.15, 0.2) is 0 Å². The van der Waals surface area contributed by atoms with Gasteiger partial charge in [0, 0.05) is 6.07 Å². The minimum atomic E-state index is -0.394. The SMILES string of the molecule is C=CC(=O)c1nc(N)cc(N)n1. The van der Waals surface area contributed by atoms with Crippen molar-refractivity contribution in [2.24, 2.45) is 0 Å². The van der Waals surface area contributed by atoms with Crippen LogP contribution in [-0.2, 0) is 0 Å². The molecule has 0 aromatic carbocycles. The topological polar surface area (TPSA) is 94.9 Å². The van der Waals surface area contributed by atoms with Crippen molar-refractivity contribution in [1.82, 2.24) is 9.97 Å². The van der Waals surface area contributed by atoms with E-state index in [0.717, 1.165) is 6.08 Å². The number of carbonyl (C=O) groups excluding carboxylic acids is 1. The lowest BCUT2D eigenvalue weighted by Gasteiger charge is -1.97. The molecule has 0 amide bonds. The predicted molar refractivity (Wildman–Crippen MR) is 45.4 cm³/mol. The van der Waals surface area contributed by atoms with Crippen LogP contribution in [0.2, 0.25) is 0 Å². The van der Waals surface area contributed by atoms with Gasteiger partial charge in [-0.2, -0.15) is 0 Å². The molecule has 62 valence electrons. The van der Waals surface area contributed by atoms with Crippen LogP contribution in [-0.4, -0.2) is 15.8 Å². The average molecular weight is 164 g/mol. The lowest BCUT2D eigenvalue weighted by Crippen LogP contribution is -2.07. The smallest absolute Gasteiger partial charge is 0.222 e. The molecule has 0 fully saturated rings. The van der Waals surface area contributed by atoms with E-state index in [1.54, 1.807) is 0 Å². The lowest BCUT2D eigenvalue weighted by atomic mass is 10.3. The lowest BCUT2D eigenvalue weighted by molar-refractivity contribution is 0.103. The maximum Gasteiger partial charge on any atom is 0.222 e. The highest BCUT2D eigenvalue weighted by Crippen LogP contribution is 2.04. The number of hydrogen-bond acceptors (Lipinski definition) is 5. The highest BCUT2D eigenvalue weighted by atomic mass is 16.1. The minimum Gasteiger partial charge on any atom is -0.384 e. The van der Waals surface area contributed by atoms with Gasteiger partial charge in [0.2, 0.25) is 11.6 Å². The fourth-order valence-corrected chi connectivity index (χ4v) is 0.687. The summed E-state index contributed by atoms with van der Waals surface area (Å²) in [5.41, 5.74) is 10.7. The largest absolute Gasteiger partial charge is 0.384 e. The van der Waals surface area contributed by atoms with E-state index in [2.05, 4.69) is 16.5 Å². The Balaban J connectivity index is 3.17. The first-order valence-corrected chi connectivity index (χ1v) is 3.20. The second-order valence-corrected chi connectivity index (χ2v) is 2.11. The van der Waals surface area contributed by atoms with Crippen molar-refractivity contribution in [1.29, 1.82) is 0 Å². The predicted octanol–water partition coefficient (Wildman–Crippen LogP) is 0.00970. The van der Waals surface area contributed by atoms with Gasteiger partial charge in [0.1, 0.15) is 11.6 Å². The molecule has 0 aliphatic carbocycles. The molecule has 0 unspecified atom stereocenters. The van der Waals surface area contributed by atoms with Crippen LogP contribution in [0, 0.1) is 0 Å². The van der Waals surface area contributed by atoms with Gasteiger partial charge in [-0.1, -0.05) is 6.58 Å². The number of allylic oxidation sites excluding steroid dienone is 1. The summed E-state index contributed by atoms with van der Waals surface area (Å²) in [5.74, 6) is -0.0723. The summed E-state index contributed by atoms with van der Waals surface area (Å²) in [6.07, 6.45) is 1.11. The summed E-state index contributed by atoms with van der Waals surface area (Å²) in [4.78, 5) is 18.3. The van der Waals surface area contributed by atoms with Crippen molar-refractivity contribution in [3.63, 3.8) is 0 Å². The average Bonchev–Trinajstić information content (AvgIpc) is 2.01. The standard InChI is InChI=1S/C7H8N4O/c1-2-4(12)7-10-5(8)3-6(9)11-7/h2-3H,1H2,(H4,8,9,10,11). The van der Waals surface area contributed by atoms with Crippen LogP contribution in [0.1, 0.15) is 10.6 Å². The van der Waals surface area contributed by atoms with E-state index in [0.29, 0.717) is 0 Å². The molecule has 4 N–H and O–H groups in total. The molecular formula is C7H8N4O. The quantitative estimate of drug-likeness (QED) is 0.474. The van der Waals surface area contributed by atoms with Crippen molar-refractivity contribution in [3.05, 3.63) is 24.5 Å². The van der Waals surface area contributed by atoms with Crippen LogP contribution < -0.4 is 11.5 Å². The number of rotatable bonds is 2. The molecule has 0 radical (unpaired) electrons. The van der Waals surface area contributed by atoms with Crippen molar-refractivity contribution in [2.45, 2.75) is 0 Å². The number of nitrogens with two attached hydrogens (primary N) is 2. The van der Waals surface area contributed by atoms with E-state index in [9.17, 15) is 4.79 Å². The number of hydrogen-bond donors (Lipinski definition) is 2. The van der Waals surface area contributed by atoms with Crippen LogP contribution in [0.25, 0.3) is 0 Å². The Kier molecular flexibility index (Phi) is 2.05. The molecule has 1 aromatic rings. The molecule has 0 aliphatic heterocycles. The van der Waals surface area contributed by atoms with E-state index in [4.69, 9.17) is 11.5 Å². The minimum absolute atomic E-state index is 0.0255. The Morgan fingerprint density at radius 2 is 1.92 bits per heavy atom. The molecule has 1 aromatic heterocycles. The molecule has 5 heteroatoms. The van der Waals surface area contributed by atoms with Crippen molar-refractivity contribution in [2.75, 3.05) is 11.5 Å². The van der Waals surface area contributed by atoms with E-state index in [1.807, 2.05) is 0 Å². The summed E-state index contributed by atoms with van der Waals surface area (Å²) in [7, 11) is 0. The number of anilines is 2. The molecule has 0 saturated heterocycles. The normalized spacial score (nSPS) is 9.33. The zero-order valence-corrected chi connectivity index (χ0v) is 6.32. The van der Waals surface area contributed by atoms with Gasteiger partial charge in [-0.25, -0.2) is 9.97 Å². The molecule has 0 spiro atoms. The highest BCUT2D eigenvalue weighted by Gasteiger charge is 2.05. The third kappa shape index (κ3) is 1.57. The highest BCUT2D eigenvalue weighted by molar-refractivity contribution is 6.01. The third-order valence-corrected chi connectivity index (χ3v) is 1.17. The number of aromatic nitrogens is 2. The zero-order chi connectivity index (χ0) is 9.14. The third-order valence-electron chi connectivity index (χ3n) is 1.17. The van der Waals surface area contributed by atoms with E-state index < -0.39 is 5.78 Å². The summed E-state index contributed by atoms with van der Waals surface area (Å²) in [6.45, 7) is 3.29. The van der Waals surface area contributed by atoms with Crippen molar-refractivity contribution >= 4 is 17.4 Å². The van der Waals surface area contributed by atoms with Gasteiger partial charge in [-0.15, -0.1) is 0 Å². The van der Waals surface area contributed by atoms with Crippen LogP contribution >= 0.6 is 0 Å². The van der Waals surface area contributed by atoms with E-state index >= 15 is 0 Å².